The zero-order chi connectivity index (χ0) is 13.4. The molecule has 0 N–H and O–H groups in total. The van der Waals surface area contributed by atoms with Crippen LogP contribution in [0.1, 0.15) is 6.92 Å². The molecule has 0 saturated heterocycles. The van der Waals surface area contributed by atoms with Crippen molar-refractivity contribution in [2.75, 3.05) is 6.61 Å². The van der Waals surface area contributed by atoms with Gasteiger partial charge in [0, 0.05) is 11.5 Å². The summed E-state index contributed by atoms with van der Waals surface area (Å²) in [5.74, 6) is -0.359. The highest BCUT2D eigenvalue weighted by molar-refractivity contribution is 6.29. The van der Waals surface area contributed by atoms with Crippen LogP contribution in [0, 0.1) is 0 Å². The number of esters is 1. The van der Waals surface area contributed by atoms with Crippen molar-refractivity contribution < 1.29 is 9.53 Å². The van der Waals surface area contributed by atoms with E-state index in [0.29, 0.717) is 11.8 Å². The molecule has 94 valence electrons. The van der Waals surface area contributed by atoms with Crippen LogP contribution in [0.2, 0.25) is 5.15 Å². The summed E-state index contributed by atoms with van der Waals surface area (Å²) in [6, 6.07) is 11.7. The summed E-state index contributed by atoms with van der Waals surface area (Å²) in [5.41, 5.74) is 0.944. The predicted octanol–water partition coefficient (Wildman–Crippen LogP) is 3.62. The maximum absolute atomic E-state index is 10.1. The summed E-state index contributed by atoms with van der Waals surface area (Å²) in [7, 11) is 0. The SMILES string of the molecule is C=CC(=O)OCC.Clc1ccc2ccccc2n1. The van der Waals surface area contributed by atoms with Crippen LogP contribution in [-0.2, 0) is 9.53 Å². The van der Waals surface area contributed by atoms with Crippen LogP contribution < -0.4 is 0 Å². The number of hydrogen-bond donors (Lipinski definition) is 0. The van der Waals surface area contributed by atoms with E-state index in [9.17, 15) is 4.79 Å². The highest BCUT2D eigenvalue weighted by atomic mass is 35.5. The van der Waals surface area contributed by atoms with E-state index < -0.39 is 0 Å². The fourth-order valence-corrected chi connectivity index (χ4v) is 1.40. The summed E-state index contributed by atoms with van der Waals surface area (Å²) in [6.07, 6.45) is 1.14. The number of ether oxygens (including phenoxy) is 1. The van der Waals surface area contributed by atoms with Gasteiger partial charge in [0.1, 0.15) is 5.15 Å². The molecular weight excluding hydrogens is 250 g/mol. The quantitative estimate of drug-likeness (QED) is 0.472. The number of benzene rings is 1. The molecule has 4 heteroatoms. The van der Waals surface area contributed by atoms with Crippen LogP contribution in [0.25, 0.3) is 10.9 Å². The second-order valence-electron chi connectivity index (χ2n) is 3.28. The molecule has 0 aliphatic rings. The number of hydrogen-bond acceptors (Lipinski definition) is 3. The Bertz CT molecular complexity index is 540. The van der Waals surface area contributed by atoms with Crippen LogP contribution in [0.5, 0.6) is 0 Å². The van der Waals surface area contributed by atoms with E-state index in [1.54, 1.807) is 13.0 Å². The Morgan fingerprint density at radius 1 is 1.39 bits per heavy atom. The van der Waals surface area contributed by atoms with Crippen LogP contribution in [0.3, 0.4) is 0 Å². The first-order chi connectivity index (χ1) is 8.67. The Kier molecular flexibility index (Phi) is 5.88. The second-order valence-corrected chi connectivity index (χ2v) is 3.67. The lowest BCUT2D eigenvalue weighted by molar-refractivity contribution is -0.137. The molecule has 0 saturated carbocycles. The first kappa shape index (κ1) is 14.2. The van der Waals surface area contributed by atoms with Crippen molar-refractivity contribution in [3.63, 3.8) is 0 Å². The highest BCUT2D eigenvalue weighted by Crippen LogP contribution is 2.13. The highest BCUT2D eigenvalue weighted by Gasteiger charge is 1.92. The van der Waals surface area contributed by atoms with Crippen molar-refractivity contribution in [2.24, 2.45) is 0 Å². The lowest BCUT2D eigenvalue weighted by Gasteiger charge is -1.94. The van der Waals surface area contributed by atoms with Crippen molar-refractivity contribution in [1.82, 2.24) is 4.98 Å². The van der Waals surface area contributed by atoms with Gasteiger partial charge in [-0.25, -0.2) is 9.78 Å². The van der Waals surface area contributed by atoms with Crippen molar-refractivity contribution in [3.05, 3.63) is 54.2 Å². The number of nitrogens with zero attached hydrogens (tertiary/aromatic N) is 1. The van der Waals surface area contributed by atoms with Gasteiger partial charge in [-0.15, -0.1) is 0 Å². The van der Waals surface area contributed by atoms with E-state index in [-0.39, 0.29) is 5.97 Å². The third-order valence-electron chi connectivity index (χ3n) is 2.02. The van der Waals surface area contributed by atoms with Crippen molar-refractivity contribution in [3.8, 4) is 0 Å². The average Bonchev–Trinajstić information content (AvgIpc) is 2.39. The number of aromatic nitrogens is 1. The van der Waals surface area contributed by atoms with Gasteiger partial charge in [0.15, 0.2) is 0 Å². The molecule has 0 atom stereocenters. The van der Waals surface area contributed by atoms with Crippen LogP contribution >= 0.6 is 11.6 Å². The van der Waals surface area contributed by atoms with Gasteiger partial charge in [0.25, 0.3) is 0 Å². The number of halogens is 1. The molecule has 0 fully saturated rings. The monoisotopic (exact) mass is 263 g/mol. The van der Waals surface area contributed by atoms with E-state index in [1.807, 2.05) is 30.3 Å². The van der Waals surface area contributed by atoms with Crippen molar-refractivity contribution in [2.45, 2.75) is 6.92 Å². The molecule has 0 radical (unpaired) electrons. The summed E-state index contributed by atoms with van der Waals surface area (Å²) >= 11 is 5.71. The lowest BCUT2D eigenvalue weighted by Crippen LogP contribution is -1.97. The van der Waals surface area contributed by atoms with Gasteiger partial charge in [-0.1, -0.05) is 36.4 Å². The third-order valence-corrected chi connectivity index (χ3v) is 2.23. The summed E-state index contributed by atoms with van der Waals surface area (Å²) in [4.78, 5) is 14.2. The van der Waals surface area contributed by atoms with E-state index >= 15 is 0 Å². The number of fused-ring (bicyclic) bond motifs is 1. The first-order valence-electron chi connectivity index (χ1n) is 5.48. The molecule has 0 amide bonds. The first-order valence-corrected chi connectivity index (χ1v) is 5.85. The van der Waals surface area contributed by atoms with Gasteiger partial charge in [0.2, 0.25) is 0 Å². The van der Waals surface area contributed by atoms with Gasteiger partial charge in [-0.05, 0) is 25.1 Å². The van der Waals surface area contributed by atoms with Gasteiger partial charge in [-0.3, -0.25) is 0 Å². The summed E-state index contributed by atoms with van der Waals surface area (Å²) in [6.45, 7) is 5.38. The van der Waals surface area contributed by atoms with Gasteiger partial charge < -0.3 is 4.74 Å². The average molecular weight is 264 g/mol. The zero-order valence-corrected chi connectivity index (χ0v) is 10.9. The molecule has 0 aliphatic carbocycles. The Labute approximate surface area is 111 Å². The molecule has 0 bridgehead atoms. The third kappa shape index (κ3) is 4.55. The number of para-hydroxylation sites is 1. The molecule has 1 aromatic carbocycles. The van der Waals surface area contributed by atoms with E-state index in [0.717, 1.165) is 17.0 Å². The van der Waals surface area contributed by atoms with Gasteiger partial charge in [0.05, 0.1) is 12.1 Å². The number of carbonyl (C=O) groups excluding carboxylic acids is 1. The van der Waals surface area contributed by atoms with Crippen molar-refractivity contribution in [1.29, 1.82) is 0 Å². The molecule has 0 spiro atoms. The number of carbonyl (C=O) groups is 1. The van der Waals surface area contributed by atoms with E-state index in [4.69, 9.17) is 11.6 Å². The van der Waals surface area contributed by atoms with Gasteiger partial charge >= 0.3 is 5.97 Å². The zero-order valence-electron chi connectivity index (χ0n) is 10.1. The largest absolute Gasteiger partial charge is 0.463 e. The minimum Gasteiger partial charge on any atom is -0.463 e. The van der Waals surface area contributed by atoms with Crippen LogP contribution in [0.4, 0.5) is 0 Å². The van der Waals surface area contributed by atoms with E-state index in [1.165, 1.54) is 0 Å². The fourth-order valence-electron chi connectivity index (χ4n) is 1.24. The predicted molar refractivity (Wildman–Crippen MR) is 73.6 cm³/mol. The molecular formula is C14H14ClNO2. The summed E-state index contributed by atoms with van der Waals surface area (Å²) in [5, 5.41) is 1.67. The maximum atomic E-state index is 10.1. The molecule has 18 heavy (non-hydrogen) atoms. The fraction of sp³-hybridized carbons (Fsp3) is 0.143. The Hall–Kier alpha value is -1.87. The number of pyridine rings is 1. The van der Waals surface area contributed by atoms with Gasteiger partial charge in [-0.2, -0.15) is 0 Å². The van der Waals surface area contributed by atoms with Crippen molar-refractivity contribution >= 4 is 28.5 Å². The Morgan fingerprint density at radius 2 is 2.11 bits per heavy atom. The Balaban J connectivity index is 0.000000203. The molecule has 3 nitrogen and oxygen atoms in total. The van der Waals surface area contributed by atoms with Crippen LogP contribution in [-0.4, -0.2) is 17.6 Å². The van der Waals surface area contributed by atoms with E-state index in [2.05, 4.69) is 16.3 Å². The van der Waals surface area contributed by atoms with Crippen LogP contribution in [0.15, 0.2) is 49.1 Å². The Morgan fingerprint density at radius 3 is 2.72 bits per heavy atom. The molecule has 2 rings (SSSR count). The molecule has 0 aliphatic heterocycles. The number of rotatable bonds is 2. The maximum Gasteiger partial charge on any atom is 0.330 e. The second kappa shape index (κ2) is 7.45. The molecule has 2 aromatic rings. The lowest BCUT2D eigenvalue weighted by atomic mass is 10.2. The normalized spacial score (nSPS) is 9.22. The summed E-state index contributed by atoms with van der Waals surface area (Å²) < 4.78 is 4.43. The smallest absolute Gasteiger partial charge is 0.330 e. The minimum absolute atomic E-state index is 0.359. The standard InChI is InChI=1S/C9H6ClN.C5H8O2/c10-9-6-5-7-3-1-2-4-8(7)11-9;1-3-5(6)7-4-2/h1-6H;3H,1,4H2,2H3. The topological polar surface area (TPSA) is 39.2 Å². The molecule has 1 heterocycles. The molecule has 0 unspecified atom stereocenters. The molecule has 1 aromatic heterocycles. The minimum atomic E-state index is -0.359.